The minimum absolute atomic E-state index is 0.192. The first-order valence-electron chi connectivity index (χ1n) is 12.0. The average molecular weight is 413 g/mol. The first-order chi connectivity index (χ1) is 14.7. The Kier molecular flexibility index (Phi) is 6.12. The minimum Gasteiger partial charge on any atom is -0.381 e. The van der Waals surface area contributed by atoms with E-state index in [4.69, 9.17) is 9.47 Å². The highest BCUT2D eigenvalue weighted by Gasteiger charge is 2.57. The van der Waals surface area contributed by atoms with Crippen LogP contribution in [0.1, 0.15) is 50.5 Å². The van der Waals surface area contributed by atoms with Gasteiger partial charge in [0.05, 0.1) is 11.6 Å². The Bertz CT molecular complexity index is 706. The van der Waals surface area contributed by atoms with Crippen molar-refractivity contribution in [2.45, 2.75) is 69.1 Å². The number of benzene rings is 1. The Morgan fingerprint density at radius 3 is 2.50 bits per heavy atom. The molecule has 1 spiro atoms. The molecular formula is C25H36N2O3. The van der Waals surface area contributed by atoms with Gasteiger partial charge in [-0.3, -0.25) is 9.69 Å². The third-order valence-corrected chi connectivity index (χ3v) is 7.85. The van der Waals surface area contributed by atoms with E-state index >= 15 is 0 Å². The highest BCUT2D eigenvalue weighted by atomic mass is 16.5. The molecule has 30 heavy (non-hydrogen) atoms. The fraction of sp³-hybridized carbons (Fsp3) is 0.720. The van der Waals surface area contributed by atoms with Crippen LogP contribution in [0.15, 0.2) is 30.3 Å². The standard InChI is InChI=1S/C25H36N2O3/c28-24(9-8-20-4-2-1-3-5-20)26-14-10-22(11-15-26)27-18-23(30-19-21-6-7-21)25(27)12-16-29-17-13-25/h1-5,21-23H,6-19H2. The van der Waals surface area contributed by atoms with Gasteiger partial charge in [-0.2, -0.15) is 0 Å². The summed E-state index contributed by atoms with van der Waals surface area (Å²) in [4.78, 5) is 17.5. The number of ether oxygens (including phenoxy) is 2. The highest BCUT2D eigenvalue weighted by Crippen LogP contribution is 2.45. The maximum atomic E-state index is 12.7. The molecule has 0 bridgehead atoms. The Morgan fingerprint density at radius 2 is 1.80 bits per heavy atom. The van der Waals surface area contributed by atoms with Gasteiger partial charge >= 0.3 is 0 Å². The molecule has 1 saturated carbocycles. The van der Waals surface area contributed by atoms with Gasteiger partial charge in [-0.05, 0) is 56.4 Å². The monoisotopic (exact) mass is 412 g/mol. The van der Waals surface area contributed by atoms with Crippen LogP contribution in [0, 0.1) is 5.92 Å². The van der Waals surface area contributed by atoms with E-state index in [2.05, 4.69) is 21.9 Å². The van der Waals surface area contributed by atoms with E-state index in [1.54, 1.807) is 0 Å². The van der Waals surface area contributed by atoms with Crippen LogP contribution in [0.25, 0.3) is 0 Å². The van der Waals surface area contributed by atoms with Crippen LogP contribution in [0.2, 0.25) is 0 Å². The van der Waals surface area contributed by atoms with E-state index in [0.717, 1.165) is 77.5 Å². The smallest absolute Gasteiger partial charge is 0.222 e. The van der Waals surface area contributed by atoms with E-state index in [0.29, 0.717) is 24.5 Å². The molecule has 1 aromatic rings. The van der Waals surface area contributed by atoms with Crippen LogP contribution < -0.4 is 0 Å². The van der Waals surface area contributed by atoms with Gasteiger partial charge in [-0.1, -0.05) is 30.3 Å². The van der Waals surface area contributed by atoms with E-state index in [1.165, 1.54) is 18.4 Å². The van der Waals surface area contributed by atoms with Crippen molar-refractivity contribution in [1.82, 2.24) is 9.80 Å². The molecule has 5 nitrogen and oxygen atoms in total. The Morgan fingerprint density at radius 1 is 1.07 bits per heavy atom. The molecule has 0 aromatic heterocycles. The van der Waals surface area contributed by atoms with E-state index < -0.39 is 0 Å². The molecule has 1 aliphatic carbocycles. The lowest BCUT2D eigenvalue weighted by Crippen LogP contribution is -2.76. The highest BCUT2D eigenvalue weighted by molar-refractivity contribution is 5.76. The minimum atomic E-state index is 0.192. The molecule has 0 N–H and O–H groups in total. The molecule has 5 rings (SSSR count). The fourth-order valence-corrected chi connectivity index (χ4v) is 5.68. The van der Waals surface area contributed by atoms with E-state index in [9.17, 15) is 4.79 Å². The predicted octanol–water partition coefficient (Wildman–Crippen LogP) is 3.27. The molecule has 4 fully saturated rings. The number of carbonyl (C=O) groups excluding carboxylic acids is 1. The predicted molar refractivity (Wildman–Crippen MR) is 116 cm³/mol. The van der Waals surface area contributed by atoms with Gasteiger partial charge in [0.15, 0.2) is 0 Å². The summed E-state index contributed by atoms with van der Waals surface area (Å²) in [5.74, 6) is 1.13. The van der Waals surface area contributed by atoms with Gasteiger partial charge in [-0.15, -0.1) is 0 Å². The quantitative estimate of drug-likeness (QED) is 0.689. The normalized spacial score (nSPS) is 27.2. The third kappa shape index (κ3) is 4.30. The summed E-state index contributed by atoms with van der Waals surface area (Å²) < 4.78 is 12.1. The summed E-state index contributed by atoms with van der Waals surface area (Å²) >= 11 is 0. The SMILES string of the molecule is O=C(CCc1ccccc1)N1CCC(N2CC(OCC3CC3)C23CCOCC3)CC1. The Hall–Kier alpha value is -1.43. The van der Waals surface area contributed by atoms with Crippen molar-refractivity contribution in [1.29, 1.82) is 0 Å². The number of carbonyl (C=O) groups is 1. The van der Waals surface area contributed by atoms with Crippen molar-refractivity contribution in [3.05, 3.63) is 35.9 Å². The fourth-order valence-electron chi connectivity index (χ4n) is 5.68. The van der Waals surface area contributed by atoms with Crippen LogP contribution in [0.4, 0.5) is 0 Å². The number of piperidine rings is 1. The summed E-state index contributed by atoms with van der Waals surface area (Å²) in [6, 6.07) is 10.9. The van der Waals surface area contributed by atoms with Crippen molar-refractivity contribution in [3.8, 4) is 0 Å². The van der Waals surface area contributed by atoms with Crippen molar-refractivity contribution in [2.75, 3.05) is 39.5 Å². The second kappa shape index (κ2) is 8.97. The van der Waals surface area contributed by atoms with Gasteiger partial charge in [-0.25, -0.2) is 0 Å². The molecule has 5 heteroatoms. The molecule has 3 saturated heterocycles. The number of hydrogen-bond donors (Lipinski definition) is 0. The van der Waals surface area contributed by atoms with Gasteiger partial charge in [0.25, 0.3) is 0 Å². The number of likely N-dealkylation sites (tertiary alicyclic amines) is 2. The van der Waals surface area contributed by atoms with Gasteiger partial charge in [0, 0.05) is 51.9 Å². The molecular weight excluding hydrogens is 376 g/mol. The van der Waals surface area contributed by atoms with Gasteiger partial charge in [0.1, 0.15) is 0 Å². The van der Waals surface area contributed by atoms with Gasteiger partial charge < -0.3 is 14.4 Å². The second-order valence-corrected chi connectivity index (χ2v) is 9.73. The van der Waals surface area contributed by atoms with Crippen molar-refractivity contribution in [3.63, 3.8) is 0 Å². The first kappa shape index (κ1) is 20.5. The van der Waals surface area contributed by atoms with E-state index in [-0.39, 0.29) is 5.54 Å². The van der Waals surface area contributed by atoms with Crippen LogP contribution in [-0.2, 0) is 20.7 Å². The summed E-state index contributed by atoms with van der Waals surface area (Å²) in [6.45, 7) is 5.53. The molecule has 1 aromatic carbocycles. The third-order valence-electron chi connectivity index (χ3n) is 7.85. The average Bonchev–Trinajstić information content (AvgIpc) is 3.63. The maximum absolute atomic E-state index is 12.7. The summed E-state index contributed by atoms with van der Waals surface area (Å²) in [7, 11) is 0. The molecule has 3 heterocycles. The Balaban J connectivity index is 1.12. The summed E-state index contributed by atoms with van der Waals surface area (Å²) in [5.41, 5.74) is 1.44. The largest absolute Gasteiger partial charge is 0.381 e. The zero-order valence-electron chi connectivity index (χ0n) is 18.1. The lowest BCUT2D eigenvalue weighted by molar-refractivity contribution is -0.217. The van der Waals surface area contributed by atoms with Crippen molar-refractivity contribution in [2.24, 2.45) is 5.92 Å². The number of hydrogen-bond acceptors (Lipinski definition) is 4. The summed E-state index contributed by atoms with van der Waals surface area (Å²) in [6.07, 6.45) is 8.92. The molecule has 0 radical (unpaired) electrons. The zero-order valence-corrected chi connectivity index (χ0v) is 18.1. The van der Waals surface area contributed by atoms with Crippen LogP contribution in [0.5, 0.6) is 0 Å². The number of amides is 1. The lowest BCUT2D eigenvalue weighted by Gasteiger charge is -2.63. The molecule has 1 amide bonds. The molecule has 164 valence electrons. The van der Waals surface area contributed by atoms with Crippen molar-refractivity contribution < 1.29 is 14.3 Å². The van der Waals surface area contributed by atoms with Crippen LogP contribution >= 0.6 is 0 Å². The van der Waals surface area contributed by atoms with Crippen LogP contribution in [-0.4, -0.2) is 72.8 Å². The van der Waals surface area contributed by atoms with Gasteiger partial charge in [0.2, 0.25) is 5.91 Å². The van der Waals surface area contributed by atoms with Crippen molar-refractivity contribution >= 4 is 5.91 Å². The molecule has 1 unspecified atom stereocenters. The lowest BCUT2D eigenvalue weighted by atomic mass is 9.73. The second-order valence-electron chi connectivity index (χ2n) is 9.73. The molecule has 1 atom stereocenters. The first-order valence-corrected chi connectivity index (χ1v) is 12.0. The Labute approximate surface area is 180 Å². The summed E-state index contributed by atoms with van der Waals surface area (Å²) in [5, 5.41) is 0. The molecule has 3 aliphatic heterocycles. The zero-order chi connectivity index (χ0) is 20.4. The van der Waals surface area contributed by atoms with Crippen LogP contribution in [0.3, 0.4) is 0 Å². The van der Waals surface area contributed by atoms with E-state index in [1.807, 2.05) is 18.2 Å². The number of aryl methyl sites for hydroxylation is 1. The molecule has 4 aliphatic rings. The topological polar surface area (TPSA) is 42.0 Å². The number of nitrogens with zero attached hydrogens (tertiary/aromatic N) is 2. The maximum Gasteiger partial charge on any atom is 0.222 e. The number of rotatable bonds is 7.